The van der Waals surface area contributed by atoms with Crippen LogP contribution in [0.5, 0.6) is 0 Å². The van der Waals surface area contributed by atoms with Gasteiger partial charge in [-0.3, -0.25) is 0 Å². The Kier molecular flexibility index (Phi) is 1.94. The summed E-state index contributed by atoms with van der Waals surface area (Å²) in [4.78, 5) is 0. The Balaban J connectivity index is 2.94. The molecule has 0 saturated carbocycles. The summed E-state index contributed by atoms with van der Waals surface area (Å²) < 4.78 is 0. The molecule has 1 nitrogen and oxygen atoms in total. The van der Waals surface area contributed by atoms with Gasteiger partial charge < -0.3 is 5.73 Å². The topological polar surface area (TPSA) is 26.0 Å². The molecule has 1 rings (SSSR count). The van der Waals surface area contributed by atoms with Gasteiger partial charge in [0.2, 0.25) is 0 Å². The normalized spacial score (nSPS) is 8.67. The maximum Gasteiger partial charge on any atom is 0.0499 e. The fourth-order valence-electron chi connectivity index (χ4n) is 0.552. The van der Waals surface area contributed by atoms with Gasteiger partial charge >= 0.3 is 0 Å². The van der Waals surface area contributed by atoms with Crippen LogP contribution in [0.3, 0.4) is 0 Å². The molecule has 0 fully saturated rings. The molecule has 0 aliphatic carbocycles. The third kappa shape index (κ3) is 1.60. The van der Waals surface area contributed by atoms with Crippen LogP contribution in [0.4, 0.5) is 0 Å². The van der Waals surface area contributed by atoms with E-state index in [0.717, 1.165) is 5.56 Å². The van der Waals surface area contributed by atoms with Gasteiger partial charge in [-0.1, -0.05) is 23.7 Å². The number of hydrogen-bond acceptors (Lipinski definition) is 1. The first-order valence-electron chi connectivity index (χ1n) is 2.61. The van der Waals surface area contributed by atoms with E-state index in [4.69, 9.17) is 17.3 Å². The molecule has 1 aromatic rings. The van der Waals surface area contributed by atoms with Crippen LogP contribution >= 0.6 is 11.6 Å². The van der Waals surface area contributed by atoms with Gasteiger partial charge in [-0.2, -0.15) is 0 Å². The molecule has 0 saturated heterocycles. The maximum atomic E-state index is 5.62. The van der Waals surface area contributed by atoms with Crippen molar-refractivity contribution in [3.05, 3.63) is 34.9 Å². The van der Waals surface area contributed by atoms with E-state index < -0.39 is 0 Å². The van der Waals surface area contributed by atoms with E-state index in [2.05, 4.69) is 12.1 Å². The van der Waals surface area contributed by atoms with E-state index in [9.17, 15) is 0 Å². The lowest BCUT2D eigenvalue weighted by atomic mass is 10.3. The second-order valence-corrected chi connectivity index (χ2v) is 2.11. The van der Waals surface area contributed by atoms with E-state index in [1.807, 2.05) is 0 Å². The van der Waals surface area contributed by atoms with Crippen LogP contribution in [0.25, 0.3) is 0 Å². The molecule has 1 aromatic carbocycles. The number of rotatable bonds is 1. The highest BCUT2D eigenvalue weighted by atomic mass is 35.5. The Hall–Kier alpha value is -0.710. The summed E-state index contributed by atoms with van der Waals surface area (Å²) in [7, 11) is 0. The largest absolute Gasteiger partial charge is 0.326 e. The van der Waals surface area contributed by atoms with Gasteiger partial charge in [0.25, 0.3) is 0 Å². The smallest absolute Gasteiger partial charge is 0.0499 e. The van der Waals surface area contributed by atoms with Gasteiger partial charge in [-0.05, 0) is 6.07 Å². The van der Waals surface area contributed by atoms with E-state index in [0.29, 0.717) is 11.6 Å². The van der Waals surface area contributed by atoms with Crippen molar-refractivity contribution in [3.8, 4) is 0 Å². The lowest BCUT2D eigenvalue weighted by molar-refractivity contribution is 1.07. The highest BCUT2D eigenvalue weighted by Gasteiger charge is 1.86. The SMILES string of the molecule is NCc1c#ccc(Cl)c1. The minimum atomic E-state index is 0.469. The first kappa shape index (κ1) is 6.41. The Morgan fingerprint density at radius 3 is 2.89 bits per heavy atom. The summed E-state index contributed by atoms with van der Waals surface area (Å²) in [5, 5.41) is 0.661. The molecule has 0 spiro atoms. The van der Waals surface area contributed by atoms with Crippen molar-refractivity contribution >= 4 is 11.6 Å². The summed E-state index contributed by atoms with van der Waals surface area (Å²) in [6.45, 7) is 0.469. The highest BCUT2D eigenvalue weighted by molar-refractivity contribution is 6.30. The van der Waals surface area contributed by atoms with Crippen LogP contribution in [0.15, 0.2) is 12.1 Å². The second kappa shape index (κ2) is 2.72. The van der Waals surface area contributed by atoms with Gasteiger partial charge in [0.1, 0.15) is 0 Å². The molecule has 0 bridgehead atoms. The Morgan fingerprint density at radius 2 is 2.44 bits per heavy atom. The van der Waals surface area contributed by atoms with Crippen molar-refractivity contribution in [1.29, 1.82) is 0 Å². The second-order valence-electron chi connectivity index (χ2n) is 1.67. The molecule has 0 aromatic heterocycles. The molecular weight excluding hydrogens is 134 g/mol. The summed E-state index contributed by atoms with van der Waals surface area (Å²) >= 11 is 5.62. The molecule has 0 aliphatic rings. The quantitative estimate of drug-likeness (QED) is 0.626. The molecule has 0 heterocycles. The van der Waals surface area contributed by atoms with E-state index >= 15 is 0 Å². The van der Waals surface area contributed by atoms with Crippen LogP contribution in [-0.4, -0.2) is 0 Å². The van der Waals surface area contributed by atoms with Gasteiger partial charge in [0.05, 0.1) is 0 Å². The average molecular weight is 140 g/mol. The van der Waals surface area contributed by atoms with Crippen molar-refractivity contribution in [3.63, 3.8) is 0 Å². The predicted octanol–water partition coefficient (Wildman–Crippen LogP) is 1.40. The van der Waals surface area contributed by atoms with Crippen LogP contribution in [0.1, 0.15) is 5.56 Å². The zero-order valence-corrected chi connectivity index (χ0v) is 5.57. The lowest BCUT2D eigenvalue weighted by Crippen LogP contribution is -1.93. The van der Waals surface area contributed by atoms with Crippen LogP contribution < -0.4 is 5.73 Å². The number of halogens is 1. The Morgan fingerprint density at radius 1 is 1.67 bits per heavy atom. The lowest BCUT2D eigenvalue weighted by Gasteiger charge is -1.88. The molecule has 0 radical (unpaired) electrons. The summed E-state index contributed by atoms with van der Waals surface area (Å²) in [6.07, 6.45) is 0. The minimum absolute atomic E-state index is 0.469. The van der Waals surface area contributed by atoms with E-state index in [-0.39, 0.29) is 0 Å². The van der Waals surface area contributed by atoms with E-state index in [1.165, 1.54) is 0 Å². The first-order chi connectivity index (χ1) is 4.33. The fraction of sp³-hybridized carbons (Fsp3) is 0.143. The molecule has 46 valence electrons. The molecule has 2 heteroatoms. The van der Waals surface area contributed by atoms with Gasteiger partial charge in [0, 0.05) is 23.2 Å². The minimum Gasteiger partial charge on any atom is -0.326 e. The Labute approximate surface area is 59.4 Å². The summed E-state index contributed by atoms with van der Waals surface area (Å²) in [6, 6.07) is 9.00. The van der Waals surface area contributed by atoms with Crippen LogP contribution in [0, 0.1) is 12.1 Å². The Bertz CT molecular complexity index is 198. The average Bonchev–Trinajstić information content (AvgIpc) is 1.88. The molecule has 0 unspecified atom stereocenters. The zero-order valence-electron chi connectivity index (χ0n) is 4.82. The molecule has 0 amide bonds. The standard InChI is InChI=1S/C7H6ClN/c8-7-3-1-2-6(4-7)5-9/h3-4H,5,9H2. The monoisotopic (exact) mass is 139 g/mol. The molecule has 2 N–H and O–H groups in total. The van der Waals surface area contributed by atoms with Crippen molar-refractivity contribution in [2.75, 3.05) is 0 Å². The third-order valence-corrected chi connectivity index (χ3v) is 1.19. The molecule has 0 aliphatic heterocycles. The van der Waals surface area contributed by atoms with Crippen molar-refractivity contribution in [2.24, 2.45) is 5.73 Å². The van der Waals surface area contributed by atoms with E-state index in [1.54, 1.807) is 12.1 Å². The van der Waals surface area contributed by atoms with Crippen molar-refractivity contribution in [2.45, 2.75) is 6.54 Å². The van der Waals surface area contributed by atoms with Crippen molar-refractivity contribution < 1.29 is 0 Å². The van der Waals surface area contributed by atoms with Crippen molar-refractivity contribution in [1.82, 2.24) is 0 Å². The number of nitrogens with two attached hydrogens (primary N) is 1. The first-order valence-corrected chi connectivity index (χ1v) is 2.98. The molecule has 9 heavy (non-hydrogen) atoms. The fourth-order valence-corrected chi connectivity index (χ4v) is 0.738. The number of hydrogen-bond donors (Lipinski definition) is 1. The predicted molar refractivity (Wildman–Crippen MR) is 37.0 cm³/mol. The van der Waals surface area contributed by atoms with Crippen LogP contribution in [0.2, 0.25) is 5.02 Å². The van der Waals surface area contributed by atoms with Gasteiger partial charge in [0.15, 0.2) is 0 Å². The van der Waals surface area contributed by atoms with Gasteiger partial charge in [-0.25, -0.2) is 0 Å². The maximum absolute atomic E-state index is 5.62. The third-order valence-electron chi connectivity index (χ3n) is 0.975. The molecule has 0 atom stereocenters. The van der Waals surface area contributed by atoms with Gasteiger partial charge in [-0.15, -0.1) is 0 Å². The zero-order chi connectivity index (χ0) is 6.69. The summed E-state index contributed by atoms with van der Waals surface area (Å²) in [5.41, 5.74) is 6.20. The highest BCUT2D eigenvalue weighted by Crippen LogP contribution is 2.05. The van der Waals surface area contributed by atoms with Crippen LogP contribution in [-0.2, 0) is 6.54 Å². The summed E-state index contributed by atoms with van der Waals surface area (Å²) in [5.74, 6) is 0. The molecular formula is C7H6ClN.